The molecule has 0 aliphatic carbocycles. The van der Waals surface area contributed by atoms with Gasteiger partial charge in [-0.2, -0.15) is 0 Å². The van der Waals surface area contributed by atoms with Gasteiger partial charge in [0.05, 0.1) is 0 Å². The molecule has 16 rings (SSSR count). The SMILES string of the molecule is Cc1ccc(C(=Cc2cccc3ccccc23)c2cc[c]([Sn]([c]3ccc(C(=Cc4cccc5ccccc45)c4ccc(C)cc4S)cc3)([c]3ccc(C(=Cc4cccc5ccccc45)c4ccc(C)cc4S)cc3)[c]3ccc(C(=Cc4cccc5ccccc45)c4ccc(C)cc4S)cc3)cc2)c(S)c1. The number of hydrogen-bond acceptors (Lipinski definition) is 4. The van der Waals surface area contributed by atoms with E-state index in [9.17, 15) is 0 Å². The molecule has 5 heteroatoms. The molecular formula is C100H76S4Sn. The maximum atomic E-state index is 5.25. The van der Waals surface area contributed by atoms with Crippen molar-refractivity contribution in [1.29, 1.82) is 0 Å². The predicted octanol–water partition coefficient (Wildman–Crippen LogP) is 24.4. The molecule has 105 heavy (non-hydrogen) atoms. The van der Waals surface area contributed by atoms with E-state index in [1.807, 2.05) is 0 Å². The molecular weight excluding hydrogens is 1450 g/mol. The molecule has 0 heterocycles. The summed E-state index contributed by atoms with van der Waals surface area (Å²) >= 11 is 16.2. The standard InChI is InChI=1S/4C25H19S.Sn/c4*1-18-14-15-23(25(26)16-18)24(20-8-3-2-4-9-20)17-21-12-7-11-19-10-5-6-13-22(19)21;/h4*3-17,26H,1H3;. The quantitative estimate of drug-likeness (QED) is 0.0414. The zero-order chi connectivity index (χ0) is 71.7. The van der Waals surface area contributed by atoms with Crippen molar-refractivity contribution in [3.63, 3.8) is 0 Å². The Kier molecular flexibility index (Phi) is 19.8. The van der Waals surface area contributed by atoms with Crippen LogP contribution in [0.4, 0.5) is 0 Å². The van der Waals surface area contributed by atoms with Crippen LogP contribution < -0.4 is 14.3 Å². The Morgan fingerprint density at radius 2 is 0.419 bits per heavy atom. The molecule has 0 nitrogen and oxygen atoms in total. The molecule has 0 aromatic heterocycles. The summed E-state index contributed by atoms with van der Waals surface area (Å²) in [6, 6.07) is 126. The van der Waals surface area contributed by atoms with Gasteiger partial charge in [-0.3, -0.25) is 0 Å². The van der Waals surface area contributed by atoms with Gasteiger partial charge in [0, 0.05) is 0 Å². The van der Waals surface area contributed by atoms with E-state index in [4.69, 9.17) is 50.5 Å². The summed E-state index contributed by atoms with van der Waals surface area (Å²) < 4.78 is 5.20. The van der Waals surface area contributed by atoms with Crippen molar-refractivity contribution >= 4 is 173 Å². The molecule has 0 aliphatic heterocycles. The molecule has 0 spiro atoms. The van der Waals surface area contributed by atoms with E-state index in [2.05, 4.69) is 392 Å². The van der Waals surface area contributed by atoms with Gasteiger partial charge in [-0.05, 0) is 0 Å². The number of aryl methyl sites for hydroxylation is 4. The van der Waals surface area contributed by atoms with E-state index in [-0.39, 0.29) is 0 Å². The molecule has 0 saturated heterocycles. The Hall–Kier alpha value is -10.3. The summed E-state index contributed by atoms with van der Waals surface area (Å²) in [5, 5.41) is 9.57. The Morgan fingerprint density at radius 1 is 0.219 bits per heavy atom. The first kappa shape index (κ1) is 69.1. The van der Waals surface area contributed by atoms with Crippen LogP contribution in [-0.4, -0.2) is 18.4 Å². The summed E-state index contributed by atoms with van der Waals surface area (Å²) in [7, 11) is 0. The molecule has 0 amide bonds. The molecule has 0 unspecified atom stereocenters. The van der Waals surface area contributed by atoms with E-state index >= 15 is 0 Å². The van der Waals surface area contributed by atoms with Crippen LogP contribution in [0.3, 0.4) is 0 Å². The van der Waals surface area contributed by atoms with Crippen molar-refractivity contribution in [2.24, 2.45) is 0 Å². The van der Waals surface area contributed by atoms with Crippen LogP contribution in [0.5, 0.6) is 0 Å². The number of rotatable bonds is 16. The van der Waals surface area contributed by atoms with E-state index in [0.717, 1.165) is 131 Å². The van der Waals surface area contributed by atoms with Crippen molar-refractivity contribution in [1.82, 2.24) is 0 Å². The van der Waals surface area contributed by atoms with Gasteiger partial charge in [-0.1, -0.05) is 0 Å². The molecule has 0 radical (unpaired) electrons. The molecule has 16 aromatic carbocycles. The molecule has 0 bridgehead atoms. The average Bonchev–Trinajstić information content (AvgIpc) is 0.725. The second-order valence-corrected chi connectivity index (χ2v) is 40.4. The van der Waals surface area contributed by atoms with Gasteiger partial charge >= 0.3 is 649 Å². The molecule has 0 fully saturated rings. The zero-order valence-electron chi connectivity index (χ0n) is 58.9. The van der Waals surface area contributed by atoms with Crippen LogP contribution in [-0.2, 0) is 0 Å². The average molecular weight is 1520 g/mol. The third kappa shape index (κ3) is 14.0. The summed E-state index contributed by atoms with van der Waals surface area (Å²) in [6.45, 7) is 8.55. The van der Waals surface area contributed by atoms with E-state index in [1.165, 1.54) is 57.4 Å². The fourth-order valence-corrected chi connectivity index (χ4v) is 30.4. The van der Waals surface area contributed by atoms with E-state index < -0.39 is 18.4 Å². The van der Waals surface area contributed by atoms with Gasteiger partial charge in [0.1, 0.15) is 0 Å². The summed E-state index contributed by atoms with van der Waals surface area (Å²) in [6.07, 6.45) is 9.46. The predicted molar refractivity (Wildman–Crippen MR) is 467 cm³/mol. The van der Waals surface area contributed by atoms with Crippen molar-refractivity contribution in [3.05, 3.63) is 429 Å². The third-order valence-corrected chi connectivity index (χ3v) is 36.0. The minimum absolute atomic E-state index is 0.929. The van der Waals surface area contributed by atoms with Crippen LogP contribution in [0.25, 0.3) is 89.7 Å². The van der Waals surface area contributed by atoms with Gasteiger partial charge in [0.15, 0.2) is 0 Å². The van der Waals surface area contributed by atoms with Crippen LogP contribution in [0.2, 0.25) is 0 Å². The fourth-order valence-electron chi connectivity index (χ4n) is 15.5. The number of benzene rings is 16. The monoisotopic (exact) mass is 1520 g/mol. The number of thiol groups is 4. The third-order valence-electron chi connectivity index (χ3n) is 20.8. The molecule has 504 valence electrons. The Labute approximate surface area is 643 Å². The molecule has 0 aliphatic rings. The topological polar surface area (TPSA) is 0 Å². The number of fused-ring (bicyclic) bond motifs is 4. The molecule has 0 atom stereocenters. The van der Waals surface area contributed by atoms with Gasteiger partial charge < -0.3 is 0 Å². The normalized spacial score (nSPS) is 12.9. The Bertz CT molecular complexity index is 5370. The molecule has 16 aromatic rings. The van der Waals surface area contributed by atoms with Crippen molar-refractivity contribution in [3.8, 4) is 0 Å². The van der Waals surface area contributed by atoms with Gasteiger partial charge in [-0.25, -0.2) is 0 Å². The summed E-state index contributed by atoms with van der Waals surface area (Å²) in [5.41, 5.74) is 22.3. The molecule has 0 N–H and O–H groups in total. The Balaban J connectivity index is 0.960. The van der Waals surface area contributed by atoms with Gasteiger partial charge in [-0.15, -0.1) is 0 Å². The first-order chi connectivity index (χ1) is 51.3. The van der Waals surface area contributed by atoms with E-state index in [0.29, 0.717) is 0 Å². The summed E-state index contributed by atoms with van der Waals surface area (Å²) in [4.78, 5) is 3.71. The first-order valence-corrected chi connectivity index (χ1v) is 43.2. The second-order valence-electron chi connectivity index (χ2n) is 27.6. The second kappa shape index (κ2) is 30.1. The minimum atomic E-state index is -4.80. The van der Waals surface area contributed by atoms with Gasteiger partial charge in [0.2, 0.25) is 0 Å². The first-order valence-electron chi connectivity index (χ1n) is 35.7. The van der Waals surface area contributed by atoms with Crippen LogP contribution in [0.1, 0.15) is 89.0 Å². The van der Waals surface area contributed by atoms with Gasteiger partial charge in [0.25, 0.3) is 0 Å². The maximum absolute atomic E-state index is 5.25. The molecule has 0 saturated carbocycles. The van der Waals surface area contributed by atoms with Crippen LogP contribution in [0.15, 0.2) is 359 Å². The van der Waals surface area contributed by atoms with Crippen molar-refractivity contribution in [2.75, 3.05) is 0 Å². The van der Waals surface area contributed by atoms with Crippen molar-refractivity contribution < 1.29 is 0 Å². The van der Waals surface area contributed by atoms with Crippen LogP contribution >= 0.6 is 50.5 Å². The van der Waals surface area contributed by atoms with Crippen molar-refractivity contribution in [2.45, 2.75) is 47.3 Å². The van der Waals surface area contributed by atoms with Crippen LogP contribution in [0, 0.1) is 27.7 Å². The zero-order valence-corrected chi connectivity index (χ0v) is 65.4. The fraction of sp³-hybridized carbons (Fsp3) is 0.0400. The Morgan fingerprint density at radius 3 is 0.629 bits per heavy atom. The van der Waals surface area contributed by atoms with E-state index in [1.54, 1.807) is 0 Å². The number of hydrogen-bond donors (Lipinski definition) is 4. The summed E-state index contributed by atoms with van der Waals surface area (Å²) in [5.74, 6) is 0.